The number of anilines is 2. The van der Waals surface area contributed by atoms with Gasteiger partial charge in [-0.2, -0.15) is 0 Å². The van der Waals surface area contributed by atoms with Crippen LogP contribution in [0.3, 0.4) is 0 Å². The standard InChI is InChI=1S/C12H12N4O/c1-13-11-10(3-2-6-15-11)12(17)16-9-4-7-14-8-5-9/h2-8H,1H3,(H,13,15)(H,14,16,17). The van der Waals surface area contributed by atoms with E-state index >= 15 is 0 Å². The molecule has 0 aliphatic rings. The van der Waals surface area contributed by atoms with E-state index in [4.69, 9.17) is 0 Å². The summed E-state index contributed by atoms with van der Waals surface area (Å²) in [6.45, 7) is 0. The van der Waals surface area contributed by atoms with E-state index in [0.717, 1.165) is 0 Å². The van der Waals surface area contributed by atoms with Crippen molar-refractivity contribution in [3.05, 3.63) is 48.4 Å². The first-order chi connectivity index (χ1) is 8.31. The Bertz CT molecular complexity index is 513. The van der Waals surface area contributed by atoms with Crippen molar-refractivity contribution in [1.82, 2.24) is 9.97 Å². The Hall–Kier alpha value is -2.43. The molecule has 0 radical (unpaired) electrons. The Morgan fingerprint density at radius 3 is 2.65 bits per heavy atom. The molecule has 2 heterocycles. The van der Waals surface area contributed by atoms with Crippen molar-refractivity contribution in [2.45, 2.75) is 0 Å². The molecule has 0 aliphatic heterocycles. The summed E-state index contributed by atoms with van der Waals surface area (Å²) in [5, 5.41) is 5.65. The summed E-state index contributed by atoms with van der Waals surface area (Å²) in [6, 6.07) is 6.90. The third-order valence-electron chi connectivity index (χ3n) is 2.23. The minimum Gasteiger partial charge on any atom is -0.372 e. The summed E-state index contributed by atoms with van der Waals surface area (Å²) in [5.74, 6) is 0.354. The zero-order valence-corrected chi connectivity index (χ0v) is 9.34. The minimum atomic E-state index is -0.200. The van der Waals surface area contributed by atoms with Crippen LogP contribution in [0.25, 0.3) is 0 Å². The molecule has 2 rings (SSSR count). The zero-order valence-electron chi connectivity index (χ0n) is 9.34. The molecule has 0 saturated heterocycles. The number of aromatic nitrogens is 2. The van der Waals surface area contributed by atoms with Crippen molar-refractivity contribution in [1.29, 1.82) is 0 Å². The van der Waals surface area contributed by atoms with Crippen molar-refractivity contribution >= 4 is 17.4 Å². The highest BCUT2D eigenvalue weighted by Crippen LogP contribution is 2.13. The van der Waals surface area contributed by atoms with Crippen molar-refractivity contribution in [3.8, 4) is 0 Å². The van der Waals surface area contributed by atoms with Crippen LogP contribution in [-0.4, -0.2) is 22.9 Å². The lowest BCUT2D eigenvalue weighted by Gasteiger charge is -2.08. The van der Waals surface area contributed by atoms with Gasteiger partial charge in [0.15, 0.2) is 0 Å². The predicted octanol–water partition coefficient (Wildman–Crippen LogP) is 1.77. The Morgan fingerprint density at radius 2 is 1.94 bits per heavy atom. The molecule has 0 saturated carbocycles. The van der Waals surface area contributed by atoms with Crippen LogP contribution in [0, 0.1) is 0 Å². The predicted molar refractivity (Wildman–Crippen MR) is 66.0 cm³/mol. The molecule has 0 bridgehead atoms. The van der Waals surface area contributed by atoms with E-state index in [2.05, 4.69) is 20.6 Å². The molecule has 2 aromatic heterocycles. The van der Waals surface area contributed by atoms with Gasteiger partial charge in [0.05, 0.1) is 5.56 Å². The lowest BCUT2D eigenvalue weighted by molar-refractivity contribution is 0.102. The van der Waals surface area contributed by atoms with Gasteiger partial charge in [-0.3, -0.25) is 9.78 Å². The van der Waals surface area contributed by atoms with E-state index in [1.807, 2.05) is 0 Å². The molecule has 0 aliphatic carbocycles. The van der Waals surface area contributed by atoms with Crippen LogP contribution in [0.15, 0.2) is 42.9 Å². The van der Waals surface area contributed by atoms with Gasteiger partial charge in [-0.25, -0.2) is 4.98 Å². The SMILES string of the molecule is CNc1ncccc1C(=O)Nc1ccncc1. The third kappa shape index (κ3) is 2.57. The number of carbonyl (C=O) groups is 1. The number of nitrogens with zero attached hydrogens (tertiary/aromatic N) is 2. The maximum absolute atomic E-state index is 12.0. The lowest BCUT2D eigenvalue weighted by atomic mass is 10.2. The second-order valence-corrected chi connectivity index (χ2v) is 3.34. The molecule has 86 valence electrons. The number of hydrogen-bond donors (Lipinski definition) is 2. The lowest BCUT2D eigenvalue weighted by Crippen LogP contribution is -2.14. The first-order valence-electron chi connectivity index (χ1n) is 5.15. The fourth-order valence-corrected chi connectivity index (χ4v) is 1.42. The summed E-state index contributed by atoms with van der Waals surface area (Å²) < 4.78 is 0. The summed E-state index contributed by atoms with van der Waals surface area (Å²) in [6.07, 6.45) is 4.88. The average Bonchev–Trinajstić information content (AvgIpc) is 2.40. The van der Waals surface area contributed by atoms with Crippen LogP contribution in [0.5, 0.6) is 0 Å². The van der Waals surface area contributed by atoms with Crippen LogP contribution < -0.4 is 10.6 Å². The molecule has 0 atom stereocenters. The van der Waals surface area contributed by atoms with Gasteiger partial charge in [-0.05, 0) is 24.3 Å². The summed E-state index contributed by atoms with van der Waals surface area (Å²) in [7, 11) is 1.73. The van der Waals surface area contributed by atoms with Crippen molar-refractivity contribution in [2.75, 3.05) is 17.7 Å². The van der Waals surface area contributed by atoms with Crippen LogP contribution in [-0.2, 0) is 0 Å². The van der Waals surface area contributed by atoms with Crippen molar-refractivity contribution in [2.24, 2.45) is 0 Å². The highest BCUT2D eigenvalue weighted by molar-refractivity contribution is 6.07. The second kappa shape index (κ2) is 5.07. The maximum Gasteiger partial charge on any atom is 0.259 e. The molecular weight excluding hydrogens is 216 g/mol. The second-order valence-electron chi connectivity index (χ2n) is 3.34. The quantitative estimate of drug-likeness (QED) is 0.840. The number of pyridine rings is 2. The molecule has 2 N–H and O–H groups in total. The van der Waals surface area contributed by atoms with Crippen LogP contribution >= 0.6 is 0 Å². The zero-order chi connectivity index (χ0) is 12.1. The Kier molecular flexibility index (Phi) is 3.30. The third-order valence-corrected chi connectivity index (χ3v) is 2.23. The Labute approximate surface area is 98.9 Å². The highest BCUT2D eigenvalue weighted by atomic mass is 16.1. The van der Waals surface area contributed by atoms with Gasteiger partial charge in [-0.1, -0.05) is 0 Å². The van der Waals surface area contributed by atoms with Gasteiger partial charge in [0.1, 0.15) is 5.82 Å². The van der Waals surface area contributed by atoms with Gasteiger partial charge >= 0.3 is 0 Å². The maximum atomic E-state index is 12.0. The molecule has 2 aromatic rings. The molecule has 5 heteroatoms. The van der Waals surface area contributed by atoms with Crippen LogP contribution in [0.4, 0.5) is 11.5 Å². The number of amides is 1. The summed E-state index contributed by atoms with van der Waals surface area (Å²) >= 11 is 0. The largest absolute Gasteiger partial charge is 0.372 e. The van der Waals surface area contributed by atoms with E-state index in [9.17, 15) is 4.79 Å². The molecule has 0 unspecified atom stereocenters. The highest BCUT2D eigenvalue weighted by Gasteiger charge is 2.10. The molecule has 0 fully saturated rings. The van der Waals surface area contributed by atoms with E-state index in [1.54, 1.807) is 49.9 Å². The first-order valence-corrected chi connectivity index (χ1v) is 5.15. The summed E-state index contributed by atoms with van der Waals surface area (Å²) in [5.41, 5.74) is 1.21. The van der Waals surface area contributed by atoms with E-state index < -0.39 is 0 Å². The van der Waals surface area contributed by atoms with Gasteiger partial charge < -0.3 is 10.6 Å². The van der Waals surface area contributed by atoms with Crippen molar-refractivity contribution < 1.29 is 4.79 Å². The molecular formula is C12H12N4O. The fraction of sp³-hybridized carbons (Fsp3) is 0.0833. The van der Waals surface area contributed by atoms with Gasteiger partial charge in [0.25, 0.3) is 5.91 Å². The smallest absolute Gasteiger partial charge is 0.259 e. The van der Waals surface area contributed by atoms with Gasteiger partial charge in [-0.15, -0.1) is 0 Å². The minimum absolute atomic E-state index is 0.200. The van der Waals surface area contributed by atoms with Gasteiger partial charge in [0.2, 0.25) is 0 Å². The van der Waals surface area contributed by atoms with Crippen LogP contribution in [0.1, 0.15) is 10.4 Å². The number of hydrogen-bond acceptors (Lipinski definition) is 4. The number of carbonyl (C=O) groups excluding carboxylic acids is 1. The first kappa shape index (κ1) is 11.1. The molecule has 0 aromatic carbocycles. The van der Waals surface area contributed by atoms with Crippen molar-refractivity contribution in [3.63, 3.8) is 0 Å². The van der Waals surface area contributed by atoms with Crippen LogP contribution in [0.2, 0.25) is 0 Å². The van der Waals surface area contributed by atoms with E-state index in [0.29, 0.717) is 17.1 Å². The van der Waals surface area contributed by atoms with Gasteiger partial charge in [0, 0.05) is 31.3 Å². The van der Waals surface area contributed by atoms with E-state index in [-0.39, 0.29) is 5.91 Å². The average molecular weight is 228 g/mol. The Morgan fingerprint density at radius 1 is 1.18 bits per heavy atom. The topological polar surface area (TPSA) is 66.9 Å². The molecule has 5 nitrogen and oxygen atoms in total. The number of nitrogens with one attached hydrogen (secondary N) is 2. The fourth-order valence-electron chi connectivity index (χ4n) is 1.42. The monoisotopic (exact) mass is 228 g/mol. The molecule has 17 heavy (non-hydrogen) atoms. The molecule has 1 amide bonds. The Balaban J connectivity index is 2.20. The summed E-state index contributed by atoms with van der Waals surface area (Å²) in [4.78, 5) is 19.9. The normalized spacial score (nSPS) is 9.71. The molecule has 0 spiro atoms. The number of rotatable bonds is 3. The van der Waals surface area contributed by atoms with E-state index in [1.165, 1.54) is 0 Å².